The second-order valence-corrected chi connectivity index (χ2v) is 7.21. The van der Waals surface area contributed by atoms with Gasteiger partial charge in [-0.25, -0.2) is 0 Å². The van der Waals surface area contributed by atoms with Crippen LogP contribution in [-0.2, 0) is 0 Å². The maximum atomic E-state index is 3.79. The molecule has 3 unspecified atom stereocenters. The Morgan fingerprint density at radius 3 is 2.47 bits per heavy atom. The minimum absolute atomic E-state index is 0.530. The topological polar surface area (TPSA) is 12.0 Å². The van der Waals surface area contributed by atoms with Crippen molar-refractivity contribution in [3.8, 4) is 0 Å². The molecule has 0 radical (unpaired) electrons. The SMILES string of the molecule is CC(CCNC1CC(C)(C)CC1C)c1ccccc1. The first-order valence-corrected chi connectivity index (χ1v) is 7.76. The van der Waals surface area contributed by atoms with Crippen molar-refractivity contribution >= 4 is 0 Å². The van der Waals surface area contributed by atoms with E-state index < -0.39 is 0 Å². The summed E-state index contributed by atoms with van der Waals surface area (Å²) in [6.07, 6.45) is 3.92. The van der Waals surface area contributed by atoms with Gasteiger partial charge >= 0.3 is 0 Å². The second kappa shape index (κ2) is 6.09. The van der Waals surface area contributed by atoms with E-state index in [0.717, 1.165) is 18.5 Å². The van der Waals surface area contributed by atoms with E-state index in [4.69, 9.17) is 0 Å². The summed E-state index contributed by atoms with van der Waals surface area (Å²) in [5.41, 5.74) is 1.99. The molecule has 0 bridgehead atoms. The molecule has 1 nitrogen and oxygen atoms in total. The summed E-state index contributed by atoms with van der Waals surface area (Å²) < 4.78 is 0. The molecule has 1 saturated carbocycles. The highest BCUT2D eigenvalue weighted by Crippen LogP contribution is 2.40. The molecule has 1 heteroatoms. The molecule has 0 amide bonds. The van der Waals surface area contributed by atoms with Crippen LogP contribution in [0.5, 0.6) is 0 Å². The summed E-state index contributed by atoms with van der Waals surface area (Å²) >= 11 is 0. The van der Waals surface area contributed by atoms with Crippen molar-refractivity contribution in [2.75, 3.05) is 6.54 Å². The molecule has 0 heterocycles. The van der Waals surface area contributed by atoms with Crippen LogP contribution >= 0.6 is 0 Å². The fourth-order valence-corrected chi connectivity index (χ4v) is 3.60. The first-order valence-electron chi connectivity index (χ1n) is 7.76. The Morgan fingerprint density at radius 2 is 1.89 bits per heavy atom. The van der Waals surface area contributed by atoms with Gasteiger partial charge in [-0.15, -0.1) is 0 Å². The van der Waals surface area contributed by atoms with Gasteiger partial charge < -0.3 is 5.32 Å². The van der Waals surface area contributed by atoms with Crippen LogP contribution in [0.2, 0.25) is 0 Å². The highest BCUT2D eigenvalue weighted by Gasteiger charge is 2.36. The summed E-state index contributed by atoms with van der Waals surface area (Å²) in [5, 5.41) is 3.79. The van der Waals surface area contributed by atoms with Gasteiger partial charge in [-0.2, -0.15) is 0 Å². The lowest BCUT2D eigenvalue weighted by atomic mass is 9.91. The molecule has 3 atom stereocenters. The number of benzene rings is 1. The average molecular weight is 259 g/mol. The first kappa shape index (κ1) is 14.6. The van der Waals surface area contributed by atoms with E-state index in [1.807, 2.05) is 0 Å². The van der Waals surface area contributed by atoms with E-state index in [9.17, 15) is 0 Å². The molecule has 0 aliphatic heterocycles. The van der Waals surface area contributed by atoms with Crippen molar-refractivity contribution in [1.29, 1.82) is 0 Å². The van der Waals surface area contributed by atoms with Crippen LogP contribution in [0.25, 0.3) is 0 Å². The Bertz CT molecular complexity index is 382. The first-order chi connectivity index (χ1) is 8.98. The van der Waals surface area contributed by atoms with Gasteiger partial charge in [0.05, 0.1) is 0 Å². The largest absolute Gasteiger partial charge is 0.314 e. The Kier molecular flexibility index (Phi) is 4.67. The normalized spacial score (nSPS) is 27.4. The lowest BCUT2D eigenvalue weighted by Gasteiger charge is -2.20. The third kappa shape index (κ3) is 4.07. The van der Waals surface area contributed by atoms with Crippen LogP contribution in [0.3, 0.4) is 0 Å². The van der Waals surface area contributed by atoms with Crippen molar-refractivity contribution in [1.82, 2.24) is 5.32 Å². The van der Waals surface area contributed by atoms with Crippen molar-refractivity contribution in [3.63, 3.8) is 0 Å². The molecule has 2 rings (SSSR count). The van der Waals surface area contributed by atoms with Gasteiger partial charge in [0.1, 0.15) is 0 Å². The molecule has 1 N–H and O–H groups in total. The number of hydrogen-bond acceptors (Lipinski definition) is 1. The Morgan fingerprint density at radius 1 is 1.21 bits per heavy atom. The maximum absolute atomic E-state index is 3.79. The smallest absolute Gasteiger partial charge is 0.00979 e. The van der Waals surface area contributed by atoms with E-state index in [0.29, 0.717) is 11.3 Å². The average Bonchev–Trinajstić information content (AvgIpc) is 2.63. The Labute approximate surface area is 118 Å². The van der Waals surface area contributed by atoms with Crippen LogP contribution in [0, 0.1) is 11.3 Å². The predicted octanol–water partition coefficient (Wildman–Crippen LogP) is 4.59. The van der Waals surface area contributed by atoms with Gasteiger partial charge in [-0.1, -0.05) is 58.0 Å². The summed E-state index contributed by atoms with van der Waals surface area (Å²) in [7, 11) is 0. The summed E-state index contributed by atoms with van der Waals surface area (Å²) in [6.45, 7) is 10.7. The van der Waals surface area contributed by atoms with Crippen LogP contribution in [0.1, 0.15) is 58.4 Å². The number of hydrogen-bond donors (Lipinski definition) is 1. The van der Waals surface area contributed by atoms with Gasteiger partial charge in [0.15, 0.2) is 0 Å². The van der Waals surface area contributed by atoms with E-state index in [1.54, 1.807) is 0 Å². The molecule has 19 heavy (non-hydrogen) atoms. The van der Waals surface area contributed by atoms with Crippen LogP contribution in [-0.4, -0.2) is 12.6 Å². The monoisotopic (exact) mass is 259 g/mol. The highest BCUT2D eigenvalue weighted by molar-refractivity contribution is 5.18. The third-order valence-electron chi connectivity index (χ3n) is 4.69. The van der Waals surface area contributed by atoms with E-state index >= 15 is 0 Å². The predicted molar refractivity (Wildman–Crippen MR) is 83.4 cm³/mol. The lowest BCUT2D eigenvalue weighted by Crippen LogP contribution is -2.32. The second-order valence-electron chi connectivity index (χ2n) is 7.21. The van der Waals surface area contributed by atoms with Crippen molar-refractivity contribution < 1.29 is 0 Å². The number of nitrogens with one attached hydrogen (secondary N) is 1. The molecule has 1 aromatic carbocycles. The van der Waals surface area contributed by atoms with Crippen LogP contribution in [0.4, 0.5) is 0 Å². The van der Waals surface area contributed by atoms with Gasteiger partial charge in [0.2, 0.25) is 0 Å². The number of rotatable bonds is 5. The zero-order chi connectivity index (χ0) is 13.9. The molecule has 1 fully saturated rings. The minimum Gasteiger partial charge on any atom is -0.314 e. The van der Waals surface area contributed by atoms with Gasteiger partial charge in [-0.3, -0.25) is 0 Å². The standard InChI is InChI=1S/C18H29N/c1-14(16-8-6-5-7-9-16)10-11-19-17-13-18(3,4)12-15(17)2/h5-9,14-15,17,19H,10-13H2,1-4H3. The van der Waals surface area contributed by atoms with E-state index in [2.05, 4.69) is 63.3 Å². The van der Waals surface area contributed by atoms with Crippen LogP contribution < -0.4 is 5.32 Å². The zero-order valence-corrected chi connectivity index (χ0v) is 12.9. The Balaban J connectivity index is 1.75. The van der Waals surface area contributed by atoms with Crippen molar-refractivity contribution in [2.45, 2.75) is 58.9 Å². The highest BCUT2D eigenvalue weighted by atomic mass is 14.9. The molecule has 0 saturated heterocycles. The molecule has 1 aromatic rings. The zero-order valence-electron chi connectivity index (χ0n) is 12.9. The van der Waals surface area contributed by atoms with Gasteiger partial charge in [-0.05, 0) is 48.6 Å². The summed E-state index contributed by atoms with van der Waals surface area (Å²) in [6, 6.07) is 11.6. The molecule has 1 aliphatic rings. The van der Waals surface area contributed by atoms with Crippen LogP contribution in [0.15, 0.2) is 30.3 Å². The fraction of sp³-hybridized carbons (Fsp3) is 0.667. The minimum atomic E-state index is 0.530. The van der Waals surface area contributed by atoms with Gasteiger partial charge in [0, 0.05) is 6.04 Å². The molecular weight excluding hydrogens is 230 g/mol. The fourth-order valence-electron chi connectivity index (χ4n) is 3.60. The van der Waals surface area contributed by atoms with Crippen molar-refractivity contribution in [2.24, 2.45) is 11.3 Å². The van der Waals surface area contributed by atoms with E-state index in [1.165, 1.54) is 24.8 Å². The maximum Gasteiger partial charge on any atom is 0.00979 e. The quantitative estimate of drug-likeness (QED) is 0.815. The summed E-state index contributed by atoms with van der Waals surface area (Å²) in [5.74, 6) is 1.47. The molecule has 0 spiro atoms. The lowest BCUT2D eigenvalue weighted by molar-refractivity contribution is 0.361. The molecule has 1 aliphatic carbocycles. The van der Waals surface area contributed by atoms with Gasteiger partial charge in [0.25, 0.3) is 0 Å². The Hall–Kier alpha value is -0.820. The summed E-state index contributed by atoms with van der Waals surface area (Å²) in [4.78, 5) is 0. The third-order valence-corrected chi connectivity index (χ3v) is 4.69. The molecule has 106 valence electrons. The van der Waals surface area contributed by atoms with Crippen molar-refractivity contribution in [3.05, 3.63) is 35.9 Å². The molecular formula is C18H29N. The molecule has 0 aromatic heterocycles. The van der Waals surface area contributed by atoms with E-state index in [-0.39, 0.29) is 0 Å².